The zero-order valence-electron chi connectivity index (χ0n) is 14.5. The molecule has 1 saturated heterocycles. The molecule has 0 aliphatic carbocycles. The standard InChI is InChI=1S/C18H27N3O2.ClH/c1-13-9-11-21(12-10-13)18(23)15-5-3-4-6-16(15)20-17(22)8-7-14(2)19;/h3-6,13-14H,7-12,19H2,1-2H3,(H,20,22);1H. The van der Waals surface area contributed by atoms with Crippen LogP contribution in [0, 0.1) is 5.92 Å². The Hall–Kier alpha value is -1.59. The molecule has 5 nitrogen and oxygen atoms in total. The Morgan fingerprint density at radius 1 is 1.29 bits per heavy atom. The molecule has 1 aliphatic heterocycles. The Bertz CT molecular complexity index is 555. The van der Waals surface area contributed by atoms with Crippen molar-refractivity contribution in [1.29, 1.82) is 0 Å². The summed E-state index contributed by atoms with van der Waals surface area (Å²) in [6, 6.07) is 7.21. The minimum absolute atomic E-state index is 0. The van der Waals surface area contributed by atoms with E-state index in [1.54, 1.807) is 12.1 Å². The van der Waals surface area contributed by atoms with Crippen LogP contribution in [0.3, 0.4) is 0 Å². The van der Waals surface area contributed by atoms with Crippen LogP contribution in [-0.2, 0) is 4.79 Å². The van der Waals surface area contributed by atoms with E-state index in [4.69, 9.17) is 5.73 Å². The van der Waals surface area contributed by atoms with Crippen LogP contribution < -0.4 is 11.1 Å². The largest absolute Gasteiger partial charge is 0.339 e. The van der Waals surface area contributed by atoms with E-state index < -0.39 is 0 Å². The number of para-hydroxylation sites is 1. The summed E-state index contributed by atoms with van der Waals surface area (Å²) in [6.45, 7) is 5.66. The highest BCUT2D eigenvalue weighted by Crippen LogP contribution is 2.22. The summed E-state index contributed by atoms with van der Waals surface area (Å²) in [7, 11) is 0. The van der Waals surface area contributed by atoms with Gasteiger partial charge in [0.05, 0.1) is 11.3 Å². The average Bonchev–Trinajstić information content (AvgIpc) is 2.53. The molecule has 6 heteroatoms. The number of nitrogens with one attached hydrogen (secondary N) is 1. The first kappa shape index (κ1) is 20.5. The molecule has 134 valence electrons. The second-order valence-electron chi connectivity index (χ2n) is 6.58. The smallest absolute Gasteiger partial charge is 0.255 e. The Labute approximate surface area is 150 Å². The van der Waals surface area contributed by atoms with Crippen LogP contribution in [0.2, 0.25) is 0 Å². The number of nitrogens with two attached hydrogens (primary N) is 1. The van der Waals surface area contributed by atoms with Gasteiger partial charge >= 0.3 is 0 Å². The van der Waals surface area contributed by atoms with Crippen LogP contribution in [0.4, 0.5) is 5.69 Å². The number of likely N-dealkylation sites (tertiary alicyclic amines) is 1. The molecule has 24 heavy (non-hydrogen) atoms. The topological polar surface area (TPSA) is 75.4 Å². The fourth-order valence-corrected chi connectivity index (χ4v) is 2.73. The molecule has 3 N–H and O–H groups in total. The highest BCUT2D eigenvalue weighted by atomic mass is 35.5. The summed E-state index contributed by atoms with van der Waals surface area (Å²) >= 11 is 0. The lowest BCUT2D eigenvalue weighted by Crippen LogP contribution is -2.38. The molecule has 0 saturated carbocycles. The first-order chi connectivity index (χ1) is 11.0. The third-order valence-corrected chi connectivity index (χ3v) is 4.33. The van der Waals surface area contributed by atoms with Crippen molar-refractivity contribution in [2.75, 3.05) is 18.4 Å². The van der Waals surface area contributed by atoms with Crippen molar-refractivity contribution in [2.45, 2.75) is 45.6 Å². The maximum Gasteiger partial charge on any atom is 0.255 e. The van der Waals surface area contributed by atoms with E-state index in [1.807, 2.05) is 24.0 Å². The van der Waals surface area contributed by atoms with Gasteiger partial charge in [0.2, 0.25) is 5.91 Å². The molecule has 1 unspecified atom stereocenters. The van der Waals surface area contributed by atoms with Crippen LogP contribution >= 0.6 is 12.4 Å². The highest BCUT2D eigenvalue weighted by molar-refractivity contribution is 6.03. The van der Waals surface area contributed by atoms with Gasteiger partial charge < -0.3 is 16.0 Å². The summed E-state index contributed by atoms with van der Waals surface area (Å²) < 4.78 is 0. The van der Waals surface area contributed by atoms with Crippen molar-refractivity contribution in [3.63, 3.8) is 0 Å². The Morgan fingerprint density at radius 3 is 2.54 bits per heavy atom. The van der Waals surface area contributed by atoms with Gasteiger partial charge in [-0.15, -0.1) is 12.4 Å². The summed E-state index contributed by atoms with van der Waals surface area (Å²) in [5.74, 6) is 0.571. The predicted octanol–water partition coefficient (Wildman–Crippen LogP) is 3.05. The molecule has 1 atom stereocenters. The van der Waals surface area contributed by atoms with Crippen molar-refractivity contribution in [2.24, 2.45) is 11.7 Å². The van der Waals surface area contributed by atoms with Crippen LogP contribution in [0.15, 0.2) is 24.3 Å². The second-order valence-corrected chi connectivity index (χ2v) is 6.58. The summed E-state index contributed by atoms with van der Waals surface area (Å²) in [6.07, 6.45) is 3.07. The quantitative estimate of drug-likeness (QED) is 0.854. The second kappa shape index (κ2) is 9.64. The number of halogens is 1. The van der Waals surface area contributed by atoms with Crippen LogP contribution in [0.25, 0.3) is 0 Å². The first-order valence-corrected chi connectivity index (χ1v) is 8.41. The SMILES string of the molecule is CC(N)CCC(=O)Nc1ccccc1C(=O)N1CCC(C)CC1.Cl. The summed E-state index contributed by atoms with van der Waals surface area (Å²) in [5, 5.41) is 2.85. The van der Waals surface area contributed by atoms with E-state index in [9.17, 15) is 9.59 Å². The van der Waals surface area contributed by atoms with E-state index in [1.165, 1.54) is 0 Å². The number of benzene rings is 1. The van der Waals surface area contributed by atoms with Gasteiger partial charge in [0.15, 0.2) is 0 Å². The molecule has 0 aromatic heterocycles. The molecule has 1 aliphatic rings. The molecule has 1 aromatic carbocycles. The number of carbonyl (C=O) groups excluding carboxylic acids is 2. The zero-order valence-corrected chi connectivity index (χ0v) is 15.3. The van der Waals surface area contributed by atoms with E-state index in [0.717, 1.165) is 25.9 Å². The molecular formula is C18H28ClN3O2. The van der Waals surface area contributed by atoms with Crippen molar-refractivity contribution in [3.05, 3.63) is 29.8 Å². The van der Waals surface area contributed by atoms with Gasteiger partial charge in [0, 0.05) is 25.6 Å². The molecule has 0 spiro atoms. The van der Waals surface area contributed by atoms with Crippen molar-refractivity contribution in [1.82, 2.24) is 4.90 Å². The van der Waals surface area contributed by atoms with Crippen LogP contribution in [0.1, 0.15) is 49.9 Å². The normalized spacial score (nSPS) is 16.2. The van der Waals surface area contributed by atoms with Crippen molar-refractivity contribution < 1.29 is 9.59 Å². The molecule has 1 heterocycles. The first-order valence-electron chi connectivity index (χ1n) is 8.41. The molecule has 2 rings (SSSR count). The maximum atomic E-state index is 12.7. The Balaban J connectivity index is 0.00000288. The Morgan fingerprint density at radius 2 is 1.92 bits per heavy atom. The van der Waals surface area contributed by atoms with Gasteiger partial charge in [-0.1, -0.05) is 19.1 Å². The van der Waals surface area contributed by atoms with E-state index >= 15 is 0 Å². The minimum Gasteiger partial charge on any atom is -0.339 e. The molecule has 0 bridgehead atoms. The lowest BCUT2D eigenvalue weighted by Gasteiger charge is -2.30. The fraction of sp³-hybridized carbons (Fsp3) is 0.556. The molecule has 1 aromatic rings. The van der Waals surface area contributed by atoms with Gasteiger partial charge in [-0.05, 0) is 44.2 Å². The molecule has 0 radical (unpaired) electrons. The van der Waals surface area contributed by atoms with Crippen molar-refractivity contribution >= 4 is 29.9 Å². The fourth-order valence-electron chi connectivity index (χ4n) is 2.73. The van der Waals surface area contributed by atoms with Gasteiger partial charge in [0.25, 0.3) is 5.91 Å². The number of nitrogens with zero attached hydrogens (tertiary/aromatic N) is 1. The van der Waals surface area contributed by atoms with Crippen LogP contribution in [-0.4, -0.2) is 35.8 Å². The maximum absolute atomic E-state index is 12.7. The number of amides is 2. The number of anilines is 1. The number of piperidine rings is 1. The van der Waals surface area contributed by atoms with E-state index in [0.29, 0.717) is 30.0 Å². The molecular weight excluding hydrogens is 326 g/mol. The molecule has 1 fully saturated rings. The number of carbonyl (C=O) groups is 2. The number of hydrogen-bond donors (Lipinski definition) is 2. The monoisotopic (exact) mass is 353 g/mol. The lowest BCUT2D eigenvalue weighted by atomic mass is 9.98. The zero-order chi connectivity index (χ0) is 16.8. The molecule has 2 amide bonds. The minimum atomic E-state index is -0.102. The third-order valence-electron chi connectivity index (χ3n) is 4.33. The summed E-state index contributed by atoms with van der Waals surface area (Å²) in [4.78, 5) is 26.6. The highest BCUT2D eigenvalue weighted by Gasteiger charge is 2.23. The van der Waals surface area contributed by atoms with Crippen molar-refractivity contribution in [3.8, 4) is 0 Å². The number of hydrogen-bond acceptors (Lipinski definition) is 3. The van der Waals surface area contributed by atoms with Crippen LogP contribution in [0.5, 0.6) is 0 Å². The van der Waals surface area contributed by atoms with Gasteiger partial charge in [0.1, 0.15) is 0 Å². The van der Waals surface area contributed by atoms with Gasteiger partial charge in [-0.2, -0.15) is 0 Å². The summed E-state index contributed by atoms with van der Waals surface area (Å²) in [5.41, 5.74) is 6.83. The lowest BCUT2D eigenvalue weighted by molar-refractivity contribution is -0.116. The third kappa shape index (κ3) is 5.80. The average molecular weight is 354 g/mol. The van der Waals surface area contributed by atoms with E-state index in [2.05, 4.69) is 12.2 Å². The Kier molecular flexibility index (Phi) is 8.22. The van der Waals surface area contributed by atoms with Gasteiger partial charge in [-0.25, -0.2) is 0 Å². The number of rotatable bonds is 5. The van der Waals surface area contributed by atoms with E-state index in [-0.39, 0.29) is 30.3 Å². The van der Waals surface area contributed by atoms with Gasteiger partial charge in [-0.3, -0.25) is 9.59 Å². The predicted molar refractivity (Wildman–Crippen MR) is 99.5 cm³/mol.